The largest absolute Gasteiger partial charge is 0.314 e. The van der Waals surface area contributed by atoms with Gasteiger partial charge in [0.15, 0.2) is 0 Å². The molecule has 0 spiro atoms. The Balaban J connectivity index is 1.85. The van der Waals surface area contributed by atoms with Crippen LogP contribution in [0, 0.1) is 5.92 Å². The van der Waals surface area contributed by atoms with E-state index in [9.17, 15) is 0 Å². The van der Waals surface area contributed by atoms with Crippen LogP contribution in [0.5, 0.6) is 0 Å². The smallest absolute Gasteiger partial charge is 0.0233 e. The molecule has 2 nitrogen and oxygen atoms in total. The second-order valence-electron chi connectivity index (χ2n) is 6.06. The third-order valence-corrected chi connectivity index (χ3v) is 4.50. The predicted octanol–water partition coefficient (Wildman–Crippen LogP) is 3.68. The highest BCUT2D eigenvalue weighted by Crippen LogP contribution is 2.27. The fraction of sp³-hybridized carbons (Fsp3) is 0.667. The Labute approximate surface area is 124 Å². The van der Waals surface area contributed by atoms with Gasteiger partial charge in [-0.05, 0) is 43.8 Å². The number of rotatable bonds is 8. The Morgan fingerprint density at radius 1 is 1.15 bits per heavy atom. The molecule has 1 aliphatic rings. The molecule has 1 fully saturated rings. The summed E-state index contributed by atoms with van der Waals surface area (Å²) in [4.78, 5) is 2.60. The zero-order chi connectivity index (χ0) is 14.2. The highest BCUT2D eigenvalue weighted by molar-refractivity contribution is 5.14. The van der Waals surface area contributed by atoms with Crippen molar-refractivity contribution < 1.29 is 0 Å². The van der Waals surface area contributed by atoms with Gasteiger partial charge in [-0.1, -0.05) is 50.6 Å². The maximum absolute atomic E-state index is 3.75. The first kappa shape index (κ1) is 15.5. The van der Waals surface area contributed by atoms with Crippen molar-refractivity contribution >= 4 is 0 Å². The summed E-state index contributed by atoms with van der Waals surface area (Å²) < 4.78 is 0. The summed E-state index contributed by atoms with van der Waals surface area (Å²) in [6.07, 6.45) is 5.40. The minimum Gasteiger partial charge on any atom is -0.314 e. The molecule has 2 heteroatoms. The predicted molar refractivity (Wildman–Crippen MR) is 86.8 cm³/mol. The lowest BCUT2D eigenvalue weighted by Crippen LogP contribution is -2.39. The Morgan fingerprint density at radius 3 is 2.65 bits per heavy atom. The number of hydrogen-bond acceptors (Lipinski definition) is 2. The van der Waals surface area contributed by atoms with Crippen LogP contribution in [-0.2, 0) is 6.54 Å². The third-order valence-electron chi connectivity index (χ3n) is 4.50. The first-order valence-corrected chi connectivity index (χ1v) is 8.33. The lowest BCUT2D eigenvalue weighted by molar-refractivity contribution is 0.215. The van der Waals surface area contributed by atoms with Gasteiger partial charge in [0.2, 0.25) is 0 Å². The van der Waals surface area contributed by atoms with E-state index >= 15 is 0 Å². The molecular formula is C18H30N2. The van der Waals surface area contributed by atoms with Gasteiger partial charge in [-0.25, -0.2) is 0 Å². The van der Waals surface area contributed by atoms with Gasteiger partial charge < -0.3 is 5.32 Å². The Kier molecular flexibility index (Phi) is 6.55. The molecule has 0 bridgehead atoms. The molecule has 0 aromatic heterocycles. The summed E-state index contributed by atoms with van der Waals surface area (Å²) in [5.41, 5.74) is 1.44. The van der Waals surface area contributed by atoms with Crippen molar-refractivity contribution in [2.24, 2.45) is 5.92 Å². The Bertz CT molecular complexity index is 363. The number of benzene rings is 1. The van der Waals surface area contributed by atoms with E-state index in [0.29, 0.717) is 0 Å². The summed E-state index contributed by atoms with van der Waals surface area (Å²) in [6.45, 7) is 9.19. The molecule has 2 unspecified atom stereocenters. The minimum atomic E-state index is 0.750. The van der Waals surface area contributed by atoms with Gasteiger partial charge in [-0.15, -0.1) is 0 Å². The molecule has 1 saturated carbocycles. The van der Waals surface area contributed by atoms with Gasteiger partial charge in [-0.2, -0.15) is 0 Å². The number of nitrogens with one attached hydrogen (secondary N) is 1. The standard InChI is InChI=1S/C18H30N2/c1-3-13-19-18-12-8-11-17(18)15-20(4-2)14-16-9-6-5-7-10-16/h5-7,9-10,17-19H,3-4,8,11-15H2,1-2H3. The molecule has 20 heavy (non-hydrogen) atoms. The summed E-state index contributed by atoms with van der Waals surface area (Å²) in [5, 5.41) is 3.75. The topological polar surface area (TPSA) is 15.3 Å². The van der Waals surface area contributed by atoms with Gasteiger partial charge >= 0.3 is 0 Å². The van der Waals surface area contributed by atoms with Crippen molar-refractivity contribution in [3.63, 3.8) is 0 Å². The van der Waals surface area contributed by atoms with Crippen molar-refractivity contribution in [2.45, 2.75) is 52.1 Å². The van der Waals surface area contributed by atoms with Crippen LogP contribution in [0.3, 0.4) is 0 Å². The quantitative estimate of drug-likeness (QED) is 0.778. The molecule has 1 aliphatic carbocycles. The molecule has 112 valence electrons. The van der Waals surface area contributed by atoms with Crippen molar-refractivity contribution in [2.75, 3.05) is 19.6 Å². The van der Waals surface area contributed by atoms with Gasteiger partial charge in [-0.3, -0.25) is 4.90 Å². The summed E-state index contributed by atoms with van der Waals surface area (Å²) >= 11 is 0. The van der Waals surface area contributed by atoms with E-state index in [4.69, 9.17) is 0 Å². The lowest BCUT2D eigenvalue weighted by Gasteiger charge is -2.28. The van der Waals surface area contributed by atoms with Crippen molar-refractivity contribution in [1.29, 1.82) is 0 Å². The van der Waals surface area contributed by atoms with E-state index in [1.165, 1.54) is 44.3 Å². The van der Waals surface area contributed by atoms with Gasteiger partial charge in [0.1, 0.15) is 0 Å². The van der Waals surface area contributed by atoms with Crippen LogP contribution in [0.4, 0.5) is 0 Å². The molecule has 2 rings (SSSR count). The number of hydrogen-bond donors (Lipinski definition) is 1. The van der Waals surface area contributed by atoms with Crippen LogP contribution in [0.15, 0.2) is 30.3 Å². The molecule has 0 radical (unpaired) electrons. The minimum absolute atomic E-state index is 0.750. The molecular weight excluding hydrogens is 244 g/mol. The van der Waals surface area contributed by atoms with Crippen molar-refractivity contribution in [3.05, 3.63) is 35.9 Å². The maximum atomic E-state index is 3.75. The Morgan fingerprint density at radius 2 is 1.95 bits per heavy atom. The highest BCUT2D eigenvalue weighted by Gasteiger charge is 2.27. The zero-order valence-corrected chi connectivity index (χ0v) is 13.1. The van der Waals surface area contributed by atoms with E-state index in [-0.39, 0.29) is 0 Å². The number of nitrogens with zero attached hydrogens (tertiary/aromatic N) is 1. The van der Waals surface area contributed by atoms with Crippen LogP contribution in [-0.4, -0.2) is 30.6 Å². The van der Waals surface area contributed by atoms with Crippen molar-refractivity contribution in [1.82, 2.24) is 10.2 Å². The molecule has 0 heterocycles. The zero-order valence-electron chi connectivity index (χ0n) is 13.1. The Hall–Kier alpha value is -0.860. The molecule has 0 amide bonds. The fourth-order valence-electron chi connectivity index (χ4n) is 3.33. The van der Waals surface area contributed by atoms with Crippen molar-refractivity contribution in [3.8, 4) is 0 Å². The SMILES string of the molecule is CCCNC1CCCC1CN(CC)Cc1ccccc1. The van der Waals surface area contributed by atoms with E-state index in [1.807, 2.05) is 0 Å². The molecule has 0 aliphatic heterocycles. The normalized spacial score (nSPS) is 22.6. The van der Waals surface area contributed by atoms with E-state index in [0.717, 1.165) is 25.0 Å². The summed E-state index contributed by atoms with van der Waals surface area (Å²) in [7, 11) is 0. The van der Waals surface area contributed by atoms with Gasteiger partial charge in [0, 0.05) is 19.1 Å². The van der Waals surface area contributed by atoms with Gasteiger partial charge in [0.25, 0.3) is 0 Å². The third kappa shape index (κ3) is 4.60. The summed E-state index contributed by atoms with van der Waals surface area (Å²) in [6, 6.07) is 11.6. The first-order valence-electron chi connectivity index (χ1n) is 8.33. The van der Waals surface area contributed by atoms with Crippen LogP contribution in [0.1, 0.15) is 45.1 Å². The summed E-state index contributed by atoms with van der Waals surface area (Å²) in [5.74, 6) is 0.838. The maximum Gasteiger partial charge on any atom is 0.0233 e. The van der Waals surface area contributed by atoms with Crippen LogP contribution in [0.2, 0.25) is 0 Å². The van der Waals surface area contributed by atoms with Gasteiger partial charge in [0.05, 0.1) is 0 Å². The fourth-order valence-corrected chi connectivity index (χ4v) is 3.33. The second-order valence-corrected chi connectivity index (χ2v) is 6.06. The van der Waals surface area contributed by atoms with E-state index in [2.05, 4.69) is 54.4 Å². The molecule has 2 atom stereocenters. The lowest BCUT2D eigenvalue weighted by atomic mass is 10.0. The molecule has 1 N–H and O–H groups in total. The molecule has 1 aromatic carbocycles. The first-order chi connectivity index (χ1) is 9.83. The average Bonchev–Trinajstić information content (AvgIpc) is 2.92. The van der Waals surface area contributed by atoms with Crippen LogP contribution >= 0.6 is 0 Å². The van der Waals surface area contributed by atoms with E-state index < -0.39 is 0 Å². The second kappa shape index (κ2) is 8.43. The average molecular weight is 274 g/mol. The van der Waals surface area contributed by atoms with Crippen LogP contribution in [0.25, 0.3) is 0 Å². The molecule has 0 saturated heterocycles. The monoisotopic (exact) mass is 274 g/mol. The van der Waals surface area contributed by atoms with Crippen LogP contribution < -0.4 is 5.32 Å². The highest BCUT2D eigenvalue weighted by atomic mass is 15.1. The molecule has 1 aromatic rings. The van der Waals surface area contributed by atoms with E-state index in [1.54, 1.807) is 0 Å².